The number of benzene rings is 2. The third-order valence-electron chi connectivity index (χ3n) is 13.5. The van der Waals surface area contributed by atoms with Gasteiger partial charge in [-0.05, 0) is 93.3 Å². The van der Waals surface area contributed by atoms with Crippen molar-refractivity contribution in [3.05, 3.63) is 88.1 Å². The van der Waals surface area contributed by atoms with Crippen LogP contribution >= 0.6 is 0 Å². The van der Waals surface area contributed by atoms with Crippen LogP contribution in [0.4, 0.5) is 25.8 Å². The Morgan fingerprint density at radius 1 is 1.02 bits per heavy atom. The molecule has 17 heteroatoms. The number of guanidine groups is 1. The molecule has 3 saturated heterocycles. The fourth-order valence-electron chi connectivity index (χ4n) is 10.1. The molecule has 3 atom stereocenters. The fraction of sp³-hybridized carbons (Fsp3) is 0.468. The van der Waals surface area contributed by atoms with Crippen LogP contribution in [-0.4, -0.2) is 109 Å². The number of hydrogen-bond donors (Lipinski definition) is 4. The molecule has 0 radical (unpaired) electrons. The molecule has 1 aromatic heterocycles. The van der Waals surface area contributed by atoms with Crippen molar-refractivity contribution in [1.29, 1.82) is 5.41 Å². The largest absolute Gasteiger partial charge is 0.479 e. The summed E-state index contributed by atoms with van der Waals surface area (Å²) < 4.78 is 36.9. The van der Waals surface area contributed by atoms with E-state index in [-0.39, 0.29) is 41.7 Å². The molecule has 1 spiro atoms. The number of nitrogens with zero attached hydrogens (tertiary/aromatic N) is 6. The summed E-state index contributed by atoms with van der Waals surface area (Å²) in [6.45, 7) is 8.57. The van der Waals surface area contributed by atoms with Crippen LogP contribution in [0.5, 0.6) is 0 Å². The molecule has 15 nitrogen and oxygen atoms in total. The van der Waals surface area contributed by atoms with Gasteiger partial charge in [0.05, 0.1) is 46.6 Å². The molecule has 4 N–H and O–H groups in total. The number of rotatable bonds is 7. The smallest absolute Gasteiger partial charge is 0.280 e. The molecule has 9 rings (SSSR count). The average Bonchev–Trinajstić information content (AvgIpc) is 3.67. The predicted molar refractivity (Wildman–Crippen MR) is 238 cm³/mol. The van der Waals surface area contributed by atoms with Crippen molar-refractivity contribution in [2.45, 2.75) is 76.8 Å². The third-order valence-corrected chi connectivity index (χ3v) is 13.5. The van der Waals surface area contributed by atoms with Crippen molar-refractivity contribution < 1.29 is 32.7 Å². The van der Waals surface area contributed by atoms with Crippen molar-refractivity contribution in [2.24, 2.45) is 16.8 Å². The van der Waals surface area contributed by atoms with Crippen molar-refractivity contribution in [3.8, 4) is 0 Å². The molecule has 2 aromatic carbocycles. The number of amides is 4. The molecule has 6 heterocycles. The number of aryl methyl sites for hydroxylation is 1. The van der Waals surface area contributed by atoms with Crippen LogP contribution in [0, 0.1) is 35.8 Å². The highest BCUT2D eigenvalue weighted by Gasteiger charge is 2.54. The normalized spacial score (nSPS) is 25.6. The van der Waals surface area contributed by atoms with Gasteiger partial charge in [-0.15, -0.1) is 0 Å². The van der Waals surface area contributed by atoms with E-state index in [0.717, 1.165) is 49.2 Å². The van der Waals surface area contributed by atoms with Gasteiger partial charge in [0.15, 0.2) is 5.88 Å². The number of pyridine rings is 1. The number of anilines is 3. The highest BCUT2D eigenvalue weighted by molar-refractivity contribution is 6.19. The summed E-state index contributed by atoms with van der Waals surface area (Å²) in [6, 6.07) is 12.1. The second-order valence-electron chi connectivity index (χ2n) is 18.1. The minimum absolute atomic E-state index is 0.0196. The lowest BCUT2D eigenvalue weighted by atomic mass is 9.89. The molecule has 4 amide bonds. The maximum absolute atomic E-state index is 15.4. The summed E-state index contributed by atoms with van der Waals surface area (Å²) in [6.07, 6.45) is 5.28. The number of halogens is 2. The Kier molecular flexibility index (Phi) is 11.7. The first-order chi connectivity index (χ1) is 30.8. The van der Waals surface area contributed by atoms with E-state index >= 15 is 8.78 Å². The molecule has 1 aliphatic carbocycles. The molecule has 4 fully saturated rings. The lowest BCUT2D eigenvalue weighted by molar-refractivity contribution is -0.141. The van der Waals surface area contributed by atoms with Gasteiger partial charge < -0.3 is 35.5 Å². The second kappa shape index (κ2) is 17.4. The summed E-state index contributed by atoms with van der Waals surface area (Å²) in [5, 5.41) is 16.8. The lowest BCUT2D eigenvalue weighted by Crippen LogP contribution is -2.58. The van der Waals surface area contributed by atoms with Crippen LogP contribution in [0.2, 0.25) is 0 Å². The minimum atomic E-state index is -1.07. The molecular weight excluding hydrogens is 823 g/mol. The maximum Gasteiger partial charge on any atom is 0.280 e. The highest BCUT2D eigenvalue weighted by atomic mass is 19.1. The van der Waals surface area contributed by atoms with E-state index in [1.165, 1.54) is 18.3 Å². The summed E-state index contributed by atoms with van der Waals surface area (Å²) in [5.74, 6) is -3.42. The first-order valence-corrected chi connectivity index (χ1v) is 22.3. The first-order valence-electron chi connectivity index (χ1n) is 22.3. The first kappa shape index (κ1) is 43.0. The molecule has 6 aliphatic rings. The zero-order valence-corrected chi connectivity index (χ0v) is 36.4. The van der Waals surface area contributed by atoms with Crippen molar-refractivity contribution in [1.82, 2.24) is 25.4 Å². The van der Waals surface area contributed by atoms with E-state index in [1.54, 1.807) is 26.1 Å². The third kappa shape index (κ3) is 8.44. The van der Waals surface area contributed by atoms with Gasteiger partial charge in [-0.2, -0.15) is 4.99 Å². The van der Waals surface area contributed by atoms with Crippen LogP contribution in [0.3, 0.4) is 0 Å². The minimum Gasteiger partial charge on any atom is -0.479 e. The highest BCUT2D eigenvalue weighted by Crippen LogP contribution is 2.46. The Balaban J connectivity index is 0.871. The Bertz CT molecular complexity index is 2470. The quantitative estimate of drug-likeness (QED) is 0.179. The number of piperazine rings is 1. The maximum atomic E-state index is 15.4. The molecule has 64 heavy (non-hydrogen) atoms. The number of hydrogen-bond acceptors (Lipinski definition) is 12. The predicted octanol–water partition coefficient (Wildman–Crippen LogP) is 5.30. The van der Waals surface area contributed by atoms with Gasteiger partial charge in [0, 0.05) is 88.0 Å². The summed E-state index contributed by atoms with van der Waals surface area (Å²) >= 11 is 0. The van der Waals surface area contributed by atoms with Crippen molar-refractivity contribution >= 4 is 58.4 Å². The zero-order valence-electron chi connectivity index (χ0n) is 36.4. The number of ether oxygens (including phenoxy) is 1. The topological polar surface area (TPSA) is 176 Å². The number of imide groups is 1. The Morgan fingerprint density at radius 3 is 2.55 bits per heavy atom. The number of carbonyl (C=O) groups is 4. The van der Waals surface area contributed by atoms with Gasteiger partial charge in [-0.3, -0.25) is 34.4 Å². The van der Waals surface area contributed by atoms with E-state index in [4.69, 9.17) is 10.1 Å². The number of allylic oxidation sites excluding steroid dienone is 1. The molecular formula is C47H54F2N10O5. The van der Waals surface area contributed by atoms with Gasteiger partial charge in [0.25, 0.3) is 5.91 Å². The molecule has 5 aliphatic heterocycles. The van der Waals surface area contributed by atoms with Crippen molar-refractivity contribution in [3.63, 3.8) is 0 Å². The van der Waals surface area contributed by atoms with Crippen LogP contribution in [0.1, 0.15) is 90.7 Å². The molecule has 2 bridgehead atoms. The number of nitrogens with one attached hydrogen (secondary N) is 4. The van der Waals surface area contributed by atoms with Crippen LogP contribution in [-0.2, 0) is 25.7 Å². The molecule has 0 unspecified atom stereocenters. The van der Waals surface area contributed by atoms with E-state index < -0.39 is 35.3 Å². The second-order valence-corrected chi connectivity index (χ2v) is 18.1. The average molecular weight is 877 g/mol. The fourth-order valence-corrected chi connectivity index (χ4v) is 10.1. The summed E-state index contributed by atoms with van der Waals surface area (Å²) in [5.41, 5.74) is 4.54. The van der Waals surface area contributed by atoms with E-state index in [2.05, 4.69) is 59.7 Å². The van der Waals surface area contributed by atoms with E-state index in [1.807, 2.05) is 11.0 Å². The molecule has 3 aromatic rings. The lowest BCUT2D eigenvalue weighted by Gasteiger charge is -2.43. The zero-order chi connectivity index (χ0) is 44.9. The van der Waals surface area contributed by atoms with E-state index in [0.29, 0.717) is 92.4 Å². The number of fused-ring (bicyclic) bond motifs is 5. The Morgan fingerprint density at radius 2 is 1.81 bits per heavy atom. The van der Waals surface area contributed by atoms with Gasteiger partial charge in [-0.25, -0.2) is 8.78 Å². The number of aromatic nitrogens is 1. The Labute approximate surface area is 370 Å². The molecule has 1 saturated carbocycles. The standard InChI is InChI=1S/C47H54F2N10O5/c1-27-5-4-16-64-44(51-3)34(22-50)38-19-31(17-28(2)52-38)42(61)55-46-53-37-8-6-29(18-39(37)58(46)23-27)24-56-14-15-59(47(26-56)11-12-47)45(63)30-10-13-57(25-30)32-20-35(48)41(36(49)21-32)33-7-9-40(60)54-43(33)62/h6,8,17-22,27,30,33,50-51H,4-5,7,9-16,23-26H2,1-3H3,(H,53,55,61)(H,54,60,62)/b44-34-,50-22?/t27-,30-,33-/m1/s1. The number of aliphatic imine (C=N–C) groups is 1. The van der Waals surface area contributed by atoms with Crippen molar-refractivity contribution in [2.75, 3.05) is 68.0 Å². The Hall–Kier alpha value is -6.23. The van der Waals surface area contributed by atoms with Crippen LogP contribution in [0.15, 0.2) is 53.3 Å². The van der Waals surface area contributed by atoms with Gasteiger partial charge in [0.2, 0.25) is 23.7 Å². The molecule has 336 valence electrons. The summed E-state index contributed by atoms with van der Waals surface area (Å²) in [7, 11) is 1.74. The van der Waals surface area contributed by atoms with Gasteiger partial charge in [0.1, 0.15) is 11.6 Å². The van der Waals surface area contributed by atoms with Gasteiger partial charge >= 0.3 is 0 Å². The van der Waals surface area contributed by atoms with Crippen LogP contribution < -0.4 is 25.8 Å². The van der Waals surface area contributed by atoms with Crippen LogP contribution in [0.25, 0.3) is 5.57 Å². The summed E-state index contributed by atoms with van der Waals surface area (Å²) in [4.78, 5) is 69.6. The SMILES string of the molecule is CN/C1=C(\C=N)c2cc(cc(C)n2)C(=O)/N=C2\Nc3ccc(CN4CCN(C(=O)[C@@H]5CCN(c6cc(F)c([C@H]7CCC(=O)NC7=O)c(F)c6)C5)C5(CC5)C4)cc3N2C[C@H](C)CCCO1. The monoisotopic (exact) mass is 876 g/mol. The van der Waals surface area contributed by atoms with E-state index in [9.17, 15) is 19.2 Å². The van der Waals surface area contributed by atoms with Gasteiger partial charge in [-0.1, -0.05) is 13.0 Å². The number of carbonyl (C=O) groups excluding carboxylic acids is 4. The number of piperidine rings is 1.